The Morgan fingerprint density at radius 3 is 2.87 bits per heavy atom. The van der Waals surface area contributed by atoms with Gasteiger partial charge in [0.1, 0.15) is 0 Å². The van der Waals surface area contributed by atoms with Crippen molar-refractivity contribution in [3.63, 3.8) is 0 Å². The van der Waals surface area contributed by atoms with E-state index in [-0.39, 0.29) is 12.0 Å². The number of esters is 1. The molecule has 2 rings (SSSR count). The number of benzene rings is 1. The van der Waals surface area contributed by atoms with E-state index in [2.05, 4.69) is 0 Å². The van der Waals surface area contributed by atoms with Crippen LogP contribution in [0.4, 0.5) is 5.69 Å². The quantitative estimate of drug-likeness (QED) is 0.689. The smallest absolute Gasteiger partial charge is 0.341 e. The molecule has 0 radical (unpaired) electrons. The Hall–Kier alpha value is -1.22. The van der Waals surface area contributed by atoms with Crippen LogP contribution < -0.4 is 4.90 Å². The summed E-state index contributed by atoms with van der Waals surface area (Å²) in [5.74, 6) is -0.279. The predicted molar refractivity (Wildman–Crippen MR) is 59.3 cm³/mol. The van der Waals surface area contributed by atoms with E-state index in [0.717, 1.165) is 5.69 Å². The number of nitrogens with zero attached hydrogens (tertiary/aromatic N) is 1. The number of fused-ring (bicyclic) bond motifs is 1. The molecule has 3 nitrogen and oxygen atoms in total. The lowest BCUT2D eigenvalue weighted by atomic mass is 10.1. The fraction of sp³-hybridized carbons (Fsp3) is 0.364. The number of cyclic esters (lactones) is 1. The Morgan fingerprint density at radius 1 is 1.47 bits per heavy atom. The van der Waals surface area contributed by atoms with Crippen molar-refractivity contribution in [1.29, 1.82) is 0 Å². The highest BCUT2D eigenvalue weighted by atomic mass is 35.5. The monoisotopic (exact) mass is 225 g/mol. The van der Waals surface area contributed by atoms with Crippen molar-refractivity contribution >= 4 is 23.3 Å². The Balaban J connectivity index is 2.51. The molecule has 0 aliphatic carbocycles. The van der Waals surface area contributed by atoms with Crippen molar-refractivity contribution < 1.29 is 9.53 Å². The van der Waals surface area contributed by atoms with Crippen molar-refractivity contribution in [3.8, 4) is 0 Å². The molecule has 0 aromatic heterocycles. The minimum atomic E-state index is -0.279. The maximum absolute atomic E-state index is 11.5. The van der Waals surface area contributed by atoms with Gasteiger partial charge in [0, 0.05) is 11.1 Å². The summed E-state index contributed by atoms with van der Waals surface area (Å²) >= 11 is 5.92. The number of carbonyl (C=O) groups excluding carboxylic acids is 1. The molecule has 1 aromatic carbocycles. The van der Waals surface area contributed by atoms with Crippen LogP contribution in [0.1, 0.15) is 24.2 Å². The molecule has 4 heteroatoms. The molecule has 1 aliphatic heterocycles. The summed E-state index contributed by atoms with van der Waals surface area (Å²) in [7, 11) is 0. The van der Waals surface area contributed by atoms with Crippen molar-refractivity contribution in [3.05, 3.63) is 28.8 Å². The zero-order chi connectivity index (χ0) is 11.0. The zero-order valence-corrected chi connectivity index (χ0v) is 9.41. The number of ether oxygens (including phenoxy) is 1. The van der Waals surface area contributed by atoms with Crippen molar-refractivity contribution in [1.82, 2.24) is 0 Å². The van der Waals surface area contributed by atoms with Gasteiger partial charge in [-0.25, -0.2) is 4.79 Å². The standard InChI is InChI=1S/C11H12ClNO2/c1-7(2)13-6-15-11(14)9-4-3-8(12)5-10(9)13/h3-5,7H,6H2,1-2H3. The second kappa shape index (κ2) is 3.74. The largest absolute Gasteiger partial charge is 0.441 e. The van der Waals surface area contributed by atoms with E-state index in [1.807, 2.05) is 18.7 Å². The first-order valence-electron chi connectivity index (χ1n) is 4.83. The number of hydrogen-bond acceptors (Lipinski definition) is 3. The van der Waals surface area contributed by atoms with Gasteiger partial charge in [-0.2, -0.15) is 0 Å². The molecule has 0 N–H and O–H groups in total. The molecular formula is C11H12ClNO2. The van der Waals surface area contributed by atoms with Crippen molar-refractivity contribution in [2.45, 2.75) is 19.9 Å². The van der Waals surface area contributed by atoms with Gasteiger partial charge in [-0.05, 0) is 32.0 Å². The second-order valence-corrected chi connectivity index (χ2v) is 4.22. The van der Waals surface area contributed by atoms with E-state index in [4.69, 9.17) is 16.3 Å². The average Bonchev–Trinajstić information content (AvgIpc) is 2.17. The van der Waals surface area contributed by atoms with E-state index in [1.54, 1.807) is 18.2 Å². The molecule has 0 fully saturated rings. The molecule has 1 aromatic rings. The molecule has 80 valence electrons. The van der Waals surface area contributed by atoms with E-state index in [9.17, 15) is 4.79 Å². The minimum absolute atomic E-state index is 0.273. The molecule has 0 amide bonds. The van der Waals surface area contributed by atoms with Gasteiger partial charge in [0.15, 0.2) is 6.73 Å². The second-order valence-electron chi connectivity index (χ2n) is 3.79. The number of hydrogen-bond donors (Lipinski definition) is 0. The Labute approximate surface area is 93.6 Å². The number of rotatable bonds is 1. The zero-order valence-electron chi connectivity index (χ0n) is 8.66. The maximum Gasteiger partial charge on any atom is 0.341 e. The maximum atomic E-state index is 11.5. The van der Waals surface area contributed by atoms with Gasteiger partial charge in [-0.15, -0.1) is 0 Å². The van der Waals surface area contributed by atoms with Crippen LogP contribution in [0.25, 0.3) is 0 Å². The highest BCUT2D eigenvalue weighted by molar-refractivity contribution is 6.31. The molecule has 0 saturated heterocycles. The average molecular weight is 226 g/mol. The van der Waals surface area contributed by atoms with Gasteiger partial charge < -0.3 is 9.64 Å². The molecular weight excluding hydrogens is 214 g/mol. The fourth-order valence-electron chi connectivity index (χ4n) is 1.62. The lowest BCUT2D eigenvalue weighted by Gasteiger charge is -2.33. The predicted octanol–water partition coefficient (Wildman–Crippen LogP) is 2.68. The summed E-state index contributed by atoms with van der Waals surface area (Å²) in [6, 6.07) is 5.48. The van der Waals surface area contributed by atoms with Gasteiger partial charge in [0.2, 0.25) is 0 Å². The van der Waals surface area contributed by atoms with Gasteiger partial charge in [0.05, 0.1) is 11.3 Å². The molecule has 0 spiro atoms. The SMILES string of the molecule is CC(C)N1COC(=O)c2ccc(Cl)cc21. The number of carbonyl (C=O) groups is 1. The van der Waals surface area contributed by atoms with Gasteiger partial charge in [-0.3, -0.25) is 0 Å². The molecule has 0 unspecified atom stereocenters. The molecule has 15 heavy (non-hydrogen) atoms. The number of halogens is 1. The van der Waals surface area contributed by atoms with E-state index in [1.165, 1.54) is 0 Å². The molecule has 0 saturated carbocycles. The fourth-order valence-corrected chi connectivity index (χ4v) is 1.78. The van der Waals surface area contributed by atoms with Crippen LogP contribution in [-0.2, 0) is 4.74 Å². The summed E-state index contributed by atoms with van der Waals surface area (Å²) in [5.41, 5.74) is 1.44. The third-order valence-corrected chi connectivity index (χ3v) is 2.68. The van der Waals surface area contributed by atoms with Crippen LogP contribution in [0.3, 0.4) is 0 Å². The summed E-state index contributed by atoms with van der Waals surface area (Å²) in [6.07, 6.45) is 0. The van der Waals surface area contributed by atoms with E-state index in [0.29, 0.717) is 17.3 Å². The lowest BCUT2D eigenvalue weighted by Crippen LogP contribution is -2.38. The summed E-state index contributed by atoms with van der Waals surface area (Å²) in [5, 5.41) is 0.633. The Morgan fingerprint density at radius 2 is 2.20 bits per heavy atom. The van der Waals surface area contributed by atoms with E-state index >= 15 is 0 Å². The van der Waals surface area contributed by atoms with Crippen LogP contribution in [-0.4, -0.2) is 18.7 Å². The third-order valence-electron chi connectivity index (χ3n) is 2.45. The van der Waals surface area contributed by atoms with Crippen LogP contribution in [0, 0.1) is 0 Å². The molecule has 0 bridgehead atoms. The summed E-state index contributed by atoms with van der Waals surface area (Å²) < 4.78 is 5.06. The van der Waals surface area contributed by atoms with Crippen LogP contribution >= 0.6 is 11.6 Å². The molecule has 0 atom stereocenters. The van der Waals surface area contributed by atoms with Crippen molar-refractivity contribution in [2.24, 2.45) is 0 Å². The summed E-state index contributed by atoms with van der Waals surface area (Å²) in [6.45, 7) is 4.39. The van der Waals surface area contributed by atoms with Gasteiger partial charge in [0.25, 0.3) is 0 Å². The van der Waals surface area contributed by atoms with E-state index < -0.39 is 0 Å². The Kier molecular flexibility index (Phi) is 2.57. The van der Waals surface area contributed by atoms with Crippen LogP contribution in [0.15, 0.2) is 18.2 Å². The first-order valence-corrected chi connectivity index (χ1v) is 5.20. The molecule has 1 aliphatic rings. The first-order chi connectivity index (χ1) is 7.09. The van der Waals surface area contributed by atoms with Crippen molar-refractivity contribution in [2.75, 3.05) is 11.6 Å². The topological polar surface area (TPSA) is 29.5 Å². The third kappa shape index (κ3) is 1.79. The normalized spacial score (nSPS) is 15.2. The summed E-state index contributed by atoms with van der Waals surface area (Å²) in [4.78, 5) is 13.5. The highest BCUT2D eigenvalue weighted by Crippen LogP contribution is 2.30. The lowest BCUT2D eigenvalue weighted by molar-refractivity contribution is 0.0474. The Bertz CT molecular complexity index is 404. The number of anilines is 1. The van der Waals surface area contributed by atoms with Crippen LogP contribution in [0.2, 0.25) is 5.02 Å². The van der Waals surface area contributed by atoms with Gasteiger partial charge in [-0.1, -0.05) is 11.6 Å². The molecule has 1 heterocycles. The highest BCUT2D eigenvalue weighted by Gasteiger charge is 2.25. The first kappa shape index (κ1) is 10.3. The van der Waals surface area contributed by atoms with Crippen LogP contribution in [0.5, 0.6) is 0 Å². The van der Waals surface area contributed by atoms with Gasteiger partial charge >= 0.3 is 5.97 Å². The minimum Gasteiger partial charge on any atom is -0.441 e.